The summed E-state index contributed by atoms with van der Waals surface area (Å²) >= 11 is 0. The Bertz CT molecular complexity index is 393. The van der Waals surface area contributed by atoms with E-state index in [-0.39, 0.29) is 0 Å². The molecule has 2 heterocycles. The van der Waals surface area contributed by atoms with E-state index in [9.17, 15) is 0 Å². The molecular formula is C13H21N3O. The van der Waals surface area contributed by atoms with Crippen molar-refractivity contribution < 1.29 is 4.52 Å². The van der Waals surface area contributed by atoms with Gasteiger partial charge in [0.15, 0.2) is 5.82 Å². The van der Waals surface area contributed by atoms with E-state index >= 15 is 0 Å². The van der Waals surface area contributed by atoms with E-state index in [0.29, 0.717) is 11.3 Å². The van der Waals surface area contributed by atoms with Gasteiger partial charge in [0.25, 0.3) is 0 Å². The van der Waals surface area contributed by atoms with Crippen LogP contribution in [0.1, 0.15) is 50.7 Å². The molecule has 1 aromatic heterocycles. The second-order valence-corrected chi connectivity index (χ2v) is 6.19. The molecule has 4 heteroatoms. The first-order chi connectivity index (χ1) is 8.15. The van der Waals surface area contributed by atoms with Crippen molar-refractivity contribution in [1.82, 2.24) is 15.5 Å². The number of rotatable bonds is 4. The van der Waals surface area contributed by atoms with Gasteiger partial charge in [-0.05, 0) is 43.7 Å². The van der Waals surface area contributed by atoms with Gasteiger partial charge in [-0.3, -0.25) is 0 Å². The molecule has 1 aliphatic heterocycles. The molecule has 0 amide bonds. The van der Waals surface area contributed by atoms with E-state index in [1.807, 2.05) is 0 Å². The molecule has 2 aliphatic rings. The topological polar surface area (TPSA) is 51.0 Å². The first kappa shape index (κ1) is 11.2. The third-order valence-corrected chi connectivity index (χ3v) is 4.24. The third kappa shape index (κ3) is 2.37. The summed E-state index contributed by atoms with van der Waals surface area (Å²) in [6.07, 6.45) is 4.59. The number of hydrogen-bond donors (Lipinski definition) is 1. The Hall–Kier alpha value is -0.900. The molecule has 0 radical (unpaired) electrons. The van der Waals surface area contributed by atoms with Gasteiger partial charge in [0.1, 0.15) is 0 Å². The molecule has 2 unspecified atom stereocenters. The zero-order valence-electron chi connectivity index (χ0n) is 10.7. The Kier molecular flexibility index (Phi) is 2.69. The molecule has 0 spiro atoms. The Balaban J connectivity index is 1.54. The largest absolute Gasteiger partial charge is 0.339 e. The predicted molar refractivity (Wildman–Crippen MR) is 64.7 cm³/mol. The monoisotopic (exact) mass is 235 g/mol. The molecule has 1 aromatic rings. The zero-order valence-corrected chi connectivity index (χ0v) is 10.7. The average molecular weight is 235 g/mol. The molecule has 1 saturated heterocycles. The number of hydrogen-bond acceptors (Lipinski definition) is 4. The Morgan fingerprint density at radius 2 is 2.29 bits per heavy atom. The van der Waals surface area contributed by atoms with Crippen molar-refractivity contribution in [2.45, 2.75) is 45.4 Å². The normalized spacial score (nSPS) is 30.7. The van der Waals surface area contributed by atoms with Crippen LogP contribution in [0.15, 0.2) is 4.52 Å². The first-order valence-corrected chi connectivity index (χ1v) is 6.68. The summed E-state index contributed by atoms with van der Waals surface area (Å²) < 4.78 is 5.34. The smallest absolute Gasteiger partial charge is 0.226 e. The highest BCUT2D eigenvalue weighted by atomic mass is 16.5. The van der Waals surface area contributed by atoms with E-state index in [4.69, 9.17) is 4.52 Å². The van der Waals surface area contributed by atoms with Crippen LogP contribution in [0.3, 0.4) is 0 Å². The summed E-state index contributed by atoms with van der Waals surface area (Å²) in [6.45, 7) is 6.84. The molecule has 4 nitrogen and oxygen atoms in total. The minimum absolute atomic E-state index is 0.385. The van der Waals surface area contributed by atoms with E-state index in [2.05, 4.69) is 29.3 Å². The van der Waals surface area contributed by atoms with Crippen LogP contribution in [0.5, 0.6) is 0 Å². The SMILES string of the molecule is CC1(C)CC1c1noc(CCC2CCNC2)n1. The number of aryl methyl sites for hydroxylation is 1. The van der Waals surface area contributed by atoms with E-state index in [1.54, 1.807) is 0 Å². The average Bonchev–Trinajstić information content (AvgIpc) is 2.81. The van der Waals surface area contributed by atoms with E-state index in [0.717, 1.165) is 37.1 Å². The van der Waals surface area contributed by atoms with Crippen LogP contribution in [0.2, 0.25) is 0 Å². The lowest BCUT2D eigenvalue weighted by Crippen LogP contribution is -2.09. The highest BCUT2D eigenvalue weighted by Crippen LogP contribution is 2.57. The zero-order chi connectivity index (χ0) is 11.9. The van der Waals surface area contributed by atoms with Crippen LogP contribution in [-0.4, -0.2) is 23.2 Å². The predicted octanol–water partition coefficient (Wildman–Crippen LogP) is 2.13. The number of nitrogens with zero attached hydrogens (tertiary/aromatic N) is 2. The number of aromatic nitrogens is 2. The molecule has 2 atom stereocenters. The van der Waals surface area contributed by atoms with Crippen molar-refractivity contribution in [2.24, 2.45) is 11.3 Å². The fourth-order valence-corrected chi connectivity index (χ4v) is 2.71. The minimum Gasteiger partial charge on any atom is -0.339 e. The molecule has 1 saturated carbocycles. The lowest BCUT2D eigenvalue weighted by Gasteiger charge is -2.03. The molecule has 1 N–H and O–H groups in total. The van der Waals surface area contributed by atoms with Gasteiger partial charge in [-0.1, -0.05) is 19.0 Å². The molecule has 17 heavy (non-hydrogen) atoms. The maximum Gasteiger partial charge on any atom is 0.226 e. The van der Waals surface area contributed by atoms with Gasteiger partial charge in [0.2, 0.25) is 5.89 Å². The van der Waals surface area contributed by atoms with Gasteiger partial charge < -0.3 is 9.84 Å². The minimum atomic E-state index is 0.385. The molecule has 0 aromatic carbocycles. The van der Waals surface area contributed by atoms with Gasteiger partial charge in [-0.15, -0.1) is 0 Å². The lowest BCUT2D eigenvalue weighted by molar-refractivity contribution is 0.359. The summed E-state index contributed by atoms with van der Waals surface area (Å²) in [6, 6.07) is 0. The summed E-state index contributed by atoms with van der Waals surface area (Å²) in [7, 11) is 0. The van der Waals surface area contributed by atoms with Crippen LogP contribution in [0, 0.1) is 11.3 Å². The third-order valence-electron chi connectivity index (χ3n) is 4.24. The standard InChI is InChI=1S/C13H21N3O/c1-13(2)7-10(13)12-15-11(17-16-12)4-3-9-5-6-14-8-9/h9-10,14H,3-8H2,1-2H3. The maximum absolute atomic E-state index is 5.34. The second-order valence-electron chi connectivity index (χ2n) is 6.19. The molecule has 1 aliphatic carbocycles. The Labute approximate surface area is 102 Å². The highest BCUT2D eigenvalue weighted by molar-refractivity contribution is 5.14. The number of nitrogens with one attached hydrogen (secondary N) is 1. The quantitative estimate of drug-likeness (QED) is 0.868. The molecule has 0 bridgehead atoms. The fraction of sp³-hybridized carbons (Fsp3) is 0.846. The maximum atomic E-state index is 5.34. The summed E-state index contributed by atoms with van der Waals surface area (Å²) in [5, 5.41) is 7.50. The van der Waals surface area contributed by atoms with Gasteiger partial charge >= 0.3 is 0 Å². The fourth-order valence-electron chi connectivity index (χ4n) is 2.71. The van der Waals surface area contributed by atoms with Crippen molar-refractivity contribution in [1.29, 1.82) is 0 Å². The summed E-state index contributed by atoms with van der Waals surface area (Å²) in [5.41, 5.74) is 0.385. The first-order valence-electron chi connectivity index (χ1n) is 6.68. The van der Waals surface area contributed by atoms with E-state index in [1.165, 1.54) is 19.3 Å². The molecule has 94 valence electrons. The summed E-state index contributed by atoms with van der Waals surface area (Å²) in [4.78, 5) is 4.53. The van der Waals surface area contributed by atoms with Crippen LogP contribution in [-0.2, 0) is 6.42 Å². The Morgan fingerprint density at radius 1 is 1.47 bits per heavy atom. The molecular weight excluding hydrogens is 214 g/mol. The van der Waals surface area contributed by atoms with Crippen molar-refractivity contribution in [3.8, 4) is 0 Å². The van der Waals surface area contributed by atoms with Gasteiger partial charge in [-0.2, -0.15) is 4.98 Å². The van der Waals surface area contributed by atoms with Crippen LogP contribution >= 0.6 is 0 Å². The van der Waals surface area contributed by atoms with E-state index < -0.39 is 0 Å². The van der Waals surface area contributed by atoms with Crippen LogP contribution in [0.25, 0.3) is 0 Å². The Morgan fingerprint density at radius 3 is 2.94 bits per heavy atom. The van der Waals surface area contributed by atoms with Gasteiger partial charge in [-0.25, -0.2) is 0 Å². The van der Waals surface area contributed by atoms with Crippen molar-refractivity contribution >= 4 is 0 Å². The van der Waals surface area contributed by atoms with Gasteiger partial charge in [0.05, 0.1) is 0 Å². The molecule has 3 rings (SSSR count). The second kappa shape index (κ2) is 4.09. The van der Waals surface area contributed by atoms with Crippen molar-refractivity contribution in [3.63, 3.8) is 0 Å². The molecule has 2 fully saturated rings. The van der Waals surface area contributed by atoms with Crippen LogP contribution < -0.4 is 5.32 Å². The van der Waals surface area contributed by atoms with Crippen molar-refractivity contribution in [2.75, 3.05) is 13.1 Å². The lowest BCUT2D eigenvalue weighted by atomic mass is 10.0. The van der Waals surface area contributed by atoms with Crippen molar-refractivity contribution in [3.05, 3.63) is 11.7 Å². The van der Waals surface area contributed by atoms with Crippen LogP contribution in [0.4, 0.5) is 0 Å². The van der Waals surface area contributed by atoms with Gasteiger partial charge in [0, 0.05) is 12.3 Å². The summed E-state index contributed by atoms with van der Waals surface area (Å²) in [5.74, 6) is 3.07. The highest BCUT2D eigenvalue weighted by Gasteiger charge is 2.49.